The van der Waals surface area contributed by atoms with Crippen molar-refractivity contribution >= 4 is 40.8 Å². The molecule has 0 spiro atoms. The summed E-state index contributed by atoms with van der Waals surface area (Å²) in [4.78, 5) is 4.28. The number of hydrazone groups is 1. The summed E-state index contributed by atoms with van der Waals surface area (Å²) in [6.45, 7) is 3.91. The fraction of sp³-hybridized carbons (Fsp3) is 0.120. The average Bonchev–Trinajstić information content (AvgIpc) is 3.32. The maximum Gasteiger partial charge on any atom is 0.573 e. The van der Waals surface area contributed by atoms with Crippen LogP contribution in [-0.4, -0.2) is 32.5 Å². The van der Waals surface area contributed by atoms with Crippen molar-refractivity contribution in [3.8, 4) is 22.8 Å². The summed E-state index contributed by atoms with van der Waals surface area (Å²) >= 11 is 11.6. The van der Waals surface area contributed by atoms with Crippen LogP contribution in [0.25, 0.3) is 17.1 Å². The molecular weight excluding hydrogens is 525 g/mol. The van der Waals surface area contributed by atoms with Crippen molar-refractivity contribution in [3.05, 3.63) is 88.7 Å². The van der Waals surface area contributed by atoms with E-state index in [1.54, 1.807) is 6.21 Å². The van der Waals surface area contributed by atoms with Crippen LogP contribution >= 0.6 is 23.8 Å². The summed E-state index contributed by atoms with van der Waals surface area (Å²) in [5.74, 6) is 0.141. The minimum absolute atomic E-state index is 0.300. The molecule has 2 N–H and O–H groups in total. The molecular formula is C25H20ClF3N6OS. The molecule has 0 amide bonds. The maximum absolute atomic E-state index is 12.3. The molecule has 12 heteroatoms. The number of alkyl halides is 3. The maximum atomic E-state index is 12.3. The lowest BCUT2D eigenvalue weighted by Crippen LogP contribution is -2.24. The van der Waals surface area contributed by atoms with E-state index in [9.17, 15) is 13.2 Å². The van der Waals surface area contributed by atoms with E-state index in [1.807, 2.05) is 50.2 Å². The fourth-order valence-corrected chi connectivity index (χ4v) is 3.94. The van der Waals surface area contributed by atoms with Crippen LogP contribution in [-0.2, 0) is 0 Å². The van der Waals surface area contributed by atoms with E-state index in [4.69, 9.17) is 23.8 Å². The highest BCUT2D eigenvalue weighted by Crippen LogP contribution is 2.27. The van der Waals surface area contributed by atoms with Crippen LogP contribution in [0.5, 0.6) is 5.75 Å². The Morgan fingerprint density at radius 2 is 1.78 bits per heavy atom. The van der Waals surface area contributed by atoms with Crippen molar-refractivity contribution in [3.63, 3.8) is 0 Å². The molecule has 0 aliphatic carbocycles. The number of benzene rings is 3. The fourth-order valence-electron chi connectivity index (χ4n) is 3.42. The van der Waals surface area contributed by atoms with Crippen molar-refractivity contribution in [2.45, 2.75) is 20.2 Å². The number of halogens is 4. The average molecular weight is 545 g/mol. The Morgan fingerprint density at radius 3 is 2.43 bits per heavy atom. The Hall–Kier alpha value is -3.96. The Balaban J connectivity index is 1.35. The molecule has 1 aromatic heterocycles. The number of aryl methyl sites for hydroxylation is 2. The van der Waals surface area contributed by atoms with Crippen LogP contribution in [0.3, 0.4) is 0 Å². The Morgan fingerprint density at radius 1 is 1.08 bits per heavy atom. The number of thiocarbonyl (C=S) groups is 1. The van der Waals surface area contributed by atoms with E-state index in [0.29, 0.717) is 21.6 Å². The summed E-state index contributed by atoms with van der Waals surface area (Å²) < 4.78 is 42.3. The number of nitrogens with zero attached hydrogens (tertiary/aromatic N) is 4. The zero-order valence-corrected chi connectivity index (χ0v) is 21.1. The topological polar surface area (TPSA) is 76.4 Å². The van der Waals surface area contributed by atoms with Gasteiger partial charge in [0.05, 0.1) is 22.6 Å². The molecule has 4 rings (SSSR count). The second-order valence-electron chi connectivity index (χ2n) is 7.94. The summed E-state index contributed by atoms with van der Waals surface area (Å²) in [5, 5.41) is 12.5. The monoisotopic (exact) mass is 544 g/mol. The van der Waals surface area contributed by atoms with Gasteiger partial charge in [0.15, 0.2) is 10.9 Å². The summed E-state index contributed by atoms with van der Waals surface area (Å²) in [7, 11) is 0. The first-order valence-electron chi connectivity index (χ1n) is 10.8. The molecule has 1 heterocycles. The molecule has 0 unspecified atom stereocenters. The van der Waals surface area contributed by atoms with Gasteiger partial charge in [-0.15, -0.1) is 18.3 Å². The highest BCUT2D eigenvalue weighted by Gasteiger charge is 2.31. The van der Waals surface area contributed by atoms with Gasteiger partial charge in [-0.1, -0.05) is 41.9 Å². The largest absolute Gasteiger partial charge is 0.573 e. The van der Waals surface area contributed by atoms with Gasteiger partial charge in [-0.2, -0.15) is 5.10 Å². The van der Waals surface area contributed by atoms with E-state index in [0.717, 1.165) is 27.9 Å². The van der Waals surface area contributed by atoms with Crippen molar-refractivity contribution in [1.29, 1.82) is 0 Å². The Labute approximate surface area is 220 Å². The van der Waals surface area contributed by atoms with Crippen molar-refractivity contribution in [2.75, 3.05) is 5.32 Å². The zero-order valence-electron chi connectivity index (χ0n) is 19.5. The van der Waals surface area contributed by atoms with Gasteiger partial charge in [-0.3, -0.25) is 5.43 Å². The normalized spacial score (nSPS) is 11.5. The molecule has 0 saturated heterocycles. The van der Waals surface area contributed by atoms with Gasteiger partial charge in [0.25, 0.3) is 0 Å². The predicted octanol–water partition coefficient (Wildman–Crippen LogP) is 6.42. The number of nitrogens with one attached hydrogen (secondary N) is 2. The van der Waals surface area contributed by atoms with Crippen molar-refractivity contribution < 1.29 is 17.9 Å². The van der Waals surface area contributed by atoms with Gasteiger partial charge < -0.3 is 10.1 Å². The molecule has 4 aromatic rings. The highest BCUT2D eigenvalue weighted by molar-refractivity contribution is 7.80. The molecule has 190 valence electrons. The zero-order chi connectivity index (χ0) is 26.6. The number of hydrogen-bond acceptors (Lipinski definition) is 5. The van der Waals surface area contributed by atoms with E-state index in [-0.39, 0.29) is 5.75 Å². The minimum Gasteiger partial charge on any atom is -0.406 e. The molecule has 37 heavy (non-hydrogen) atoms. The molecule has 0 atom stereocenters. The molecule has 0 bridgehead atoms. The number of ether oxygens (including phenoxy) is 1. The summed E-state index contributed by atoms with van der Waals surface area (Å²) in [6, 6.07) is 16.5. The van der Waals surface area contributed by atoms with Crippen LogP contribution in [0, 0.1) is 13.8 Å². The Kier molecular flexibility index (Phi) is 7.74. The van der Waals surface area contributed by atoms with Gasteiger partial charge in [-0.25, -0.2) is 9.67 Å². The molecule has 0 aliphatic rings. The van der Waals surface area contributed by atoms with Gasteiger partial charge in [0.1, 0.15) is 12.1 Å². The number of hydrogen-bond donors (Lipinski definition) is 2. The van der Waals surface area contributed by atoms with Crippen LogP contribution < -0.4 is 15.5 Å². The molecule has 0 fully saturated rings. The van der Waals surface area contributed by atoms with Crippen LogP contribution in [0.2, 0.25) is 5.02 Å². The highest BCUT2D eigenvalue weighted by atomic mass is 35.5. The third kappa shape index (κ3) is 7.05. The van der Waals surface area contributed by atoms with E-state index >= 15 is 0 Å². The van der Waals surface area contributed by atoms with Crippen LogP contribution in [0.4, 0.5) is 18.9 Å². The minimum atomic E-state index is -4.74. The van der Waals surface area contributed by atoms with Gasteiger partial charge in [0, 0.05) is 5.56 Å². The molecule has 7 nitrogen and oxygen atoms in total. The van der Waals surface area contributed by atoms with E-state index in [2.05, 4.69) is 30.7 Å². The second-order valence-corrected chi connectivity index (χ2v) is 8.75. The standard InChI is InChI=1S/C25H20ClF3N6OS/c1-15-11-16(2)22(21(26)12-15)32-24(37)33-31-13-17-3-5-18(6-4-17)23-30-14-35(34-23)19-7-9-20(10-8-19)36-25(27,28)29/h3-14H,1-2H3,(H2,32,33,37)/b31-13+. The smallest absolute Gasteiger partial charge is 0.406 e. The lowest BCUT2D eigenvalue weighted by molar-refractivity contribution is -0.274. The summed E-state index contributed by atoms with van der Waals surface area (Å²) in [5.41, 5.74) is 7.62. The SMILES string of the molecule is Cc1cc(C)c(NC(=S)N/N=C/c2ccc(-c3ncn(-c4ccc(OC(F)(F)F)cc4)n3)cc2)c(Cl)c1. The lowest BCUT2D eigenvalue weighted by Gasteiger charge is -2.12. The quantitative estimate of drug-likeness (QED) is 0.166. The van der Waals surface area contributed by atoms with Crippen molar-refractivity contribution in [1.82, 2.24) is 20.2 Å². The number of rotatable bonds is 6. The van der Waals surface area contributed by atoms with Crippen LogP contribution in [0.15, 0.2) is 72.1 Å². The number of anilines is 1. The third-order valence-corrected chi connectivity index (χ3v) is 5.54. The van der Waals surface area contributed by atoms with Gasteiger partial charge in [-0.05, 0) is 73.1 Å². The van der Waals surface area contributed by atoms with Gasteiger partial charge >= 0.3 is 6.36 Å². The second kappa shape index (κ2) is 11.0. The van der Waals surface area contributed by atoms with Crippen molar-refractivity contribution in [2.24, 2.45) is 5.10 Å². The van der Waals surface area contributed by atoms with E-state index in [1.165, 1.54) is 35.3 Å². The van der Waals surface area contributed by atoms with Crippen LogP contribution in [0.1, 0.15) is 16.7 Å². The first kappa shape index (κ1) is 26.1. The predicted molar refractivity (Wildman–Crippen MR) is 141 cm³/mol. The third-order valence-electron chi connectivity index (χ3n) is 5.05. The van der Waals surface area contributed by atoms with Gasteiger partial charge in [0.2, 0.25) is 0 Å². The number of aromatic nitrogens is 3. The Bertz CT molecular complexity index is 1410. The molecule has 0 aliphatic heterocycles. The first-order chi connectivity index (χ1) is 17.6. The summed E-state index contributed by atoms with van der Waals surface area (Å²) in [6.07, 6.45) is -1.66. The lowest BCUT2D eigenvalue weighted by atomic mass is 10.1. The first-order valence-corrected chi connectivity index (χ1v) is 11.6. The molecule has 0 radical (unpaired) electrons. The molecule has 0 saturated carbocycles. The van der Waals surface area contributed by atoms with E-state index < -0.39 is 6.36 Å². The molecule has 3 aromatic carbocycles.